The topological polar surface area (TPSA) is 47.3 Å². The summed E-state index contributed by atoms with van der Waals surface area (Å²) in [5, 5.41) is 0. The van der Waals surface area contributed by atoms with E-state index >= 15 is 0 Å². The number of ether oxygens (including phenoxy) is 1. The zero-order valence-electron chi connectivity index (χ0n) is 12.7. The molecule has 0 heterocycles. The summed E-state index contributed by atoms with van der Waals surface area (Å²) in [4.78, 5) is 1.28. The zero-order valence-corrected chi connectivity index (χ0v) is 13.5. The molecule has 3 N–H and O–H groups in total. The maximum absolute atomic E-state index is 5.79. The Morgan fingerprint density at radius 2 is 1.90 bits per heavy atom. The average Bonchev–Trinajstić information content (AvgIpc) is 2.51. The van der Waals surface area contributed by atoms with Crippen molar-refractivity contribution >= 4 is 11.8 Å². The van der Waals surface area contributed by atoms with Crippen molar-refractivity contribution in [1.29, 1.82) is 0 Å². The first-order valence-electron chi connectivity index (χ1n) is 7.03. The number of nitrogens with two attached hydrogens (primary N) is 1. The molecule has 0 amide bonds. The molecule has 0 aliphatic carbocycles. The molecule has 2 aromatic carbocycles. The van der Waals surface area contributed by atoms with Crippen LogP contribution in [0.3, 0.4) is 0 Å². The molecule has 0 spiro atoms. The van der Waals surface area contributed by atoms with Gasteiger partial charge in [-0.3, -0.25) is 5.84 Å². The molecule has 0 aromatic heterocycles. The van der Waals surface area contributed by atoms with Crippen molar-refractivity contribution in [3.8, 4) is 5.75 Å². The molecule has 112 valence electrons. The highest BCUT2D eigenvalue weighted by atomic mass is 32.2. The third-order valence-electron chi connectivity index (χ3n) is 3.48. The number of hydrogen-bond acceptors (Lipinski definition) is 4. The normalized spacial score (nSPS) is 12.2. The second-order valence-corrected chi connectivity index (χ2v) is 6.16. The summed E-state index contributed by atoms with van der Waals surface area (Å²) in [5.41, 5.74) is 6.39. The Morgan fingerprint density at radius 3 is 2.43 bits per heavy atom. The Kier molecular flexibility index (Phi) is 5.67. The monoisotopic (exact) mass is 302 g/mol. The lowest BCUT2D eigenvalue weighted by Crippen LogP contribution is -2.29. The van der Waals surface area contributed by atoms with E-state index in [1.807, 2.05) is 23.9 Å². The first-order chi connectivity index (χ1) is 10.2. The van der Waals surface area contributed by atoms with E-state index in [0.717, 1.165) is 28.2 Å². The maximum atomic E-state index is 5.79. The molecule has 0 bridgehead atoms. The Labute approximate surface area is 130 Å². The van der Waals surface area contributed by atoms with Crippen molar-refractivity contribution in [1.82, 2.24) is 5.43 Å². The van der Waals surface area contributed by atoms with Gasteiger partial charge in [-0.05, 0) is 53.6 Å². The molecule has 0 saturated heterocycles. The summed E-state index contributed by atoms with van der Waals surface area (Å²) < 4.78 is 5.26. The zero-order chi connectivity index (χ0) is 15.2. The molecule has 0 radical (unpaired) electrons. The van der Waals surface area contributed by atoms with Crippen molar-refractivity contribution in [2.75, 3.05) is 12.9 Å². The van der Waals surface area contributed by atoms with Crippen LogP contribution in [0.1, 0.15) is 29.7 Å². The van der Waals surface area contributed by atoms with E-state index in [4.69, 9.17) is 10.6 Å². The van der Waals surface area contributed by atoms with Gasteiger partial charge in [-0.15, -0.1) is 11.8 Å². The van der Waals surface area contributed by atoms with Crippen LogP contribution in [0.4, 0.5) is 0 Å². The fraction of sp³-hybridized carbons (Fsp3) is 0.294. The fourth-order valence-corrected chi connectivity index (χ4v) is 3.05. The van der Waals surface area contributed by atoms with E-state index < -0.39 is 0 Å². The van der Waals surface area contributed by atoms with Crippen LogP contribution in [0.15, 0.2) is 47.4 Å². The summed E-state index contributed by atoms with van der Waals surface area (Å²) in [6.45, 7) is 4.23. The van der Waals surface area contributed by atoms with Gasteiger partial charge in [-0.2, -0.15) is 0 Å². The number of hydrogen-bond donors (Lipinski definition) is 2. The molecule has 0 fully saturated rings. The summed E-state index contributed by atoms with van der Waals surface area (Å²) in [6, 6.07) is 14.6. The van der Waals surface area contributed by atoms with E-state index in [9.17, 15) is 0 Å². The molecular weight excluding hydrogens is 280 g/mol. The van der Waals surface area contributed by atoms with Crippen molar-refractivity contribution in [2.24, 2.45) is 5.84 Å². The standard InChI is InChI=1S/C17H22N2OS/c1-4-21-15-8-5-13(6-9-15)17(19-18)16-10-7-14(20-3)11-12(16)2/h5-11,17,19H,4,18H2,1-3H3. The van der Waals surface area contributed by atoms with Gasteiger partial charge in [0.05, 0.1) is 13.2 Å². The highest BCUT2D eigenvalue weighted by Crippen LogP contribution is 2.28. The van der Waals surface area contributed by atoms with Crippen LogP contribution in [-0.4, -0.2) is 12.9 Å². The van der Waals surface area contributed by atoms with E-state index in [1.54, 1.807) is 7.11 Å². The number of aryl methyl sites for hydroxylation is 1. The van der Waals surface area contributed by atoms with Gasteiger partial charge in [0, 0.05) is 4.90 Å². The van der Waals surface area contributed by atoms with Gasteiger partial charge in [-0.25, -0.2) is 5.43 Å². The molecule has 0 aliphatic heterocycles. The third-order valence-corrected chi connectivity index (χ3v) is 4.37. The molecule has 2 rings (SSSR count). The second-order valence-electron chi connectivity index (χ2n) is 4.82. The summed E-state index contributed by atoms with van der Waals surface area (Å²) in [5.74, 6) is 7.73. The van der Waals surface area contributed by atoms with Gasteiger partial charge in [-0.1, -0.05) is 25.1 Å². The lowest BCUT2D eigenvalue weighted by atomic mass is 9.95. The Bertz CT molecular complexity index is 584. The fourth-order valence-electron chi connectivity index (χ4n) is 2.39. The van der Waals surface area contributed by atoms with Crippen molar-refractivity contribution in [3.05, 3.63) is 59.2 Å². The van der Waals surface area contributed by atoms with Crippen molar-refractivity contribution < 1.29 is 4.74 Å². The minimum atomic E-state index is -0.0171. The van der Waals surface area contributed by atoms with Gasteiger partial charge >= 0.3 is 0 Å². The van der Waals surface area contributed by atoms with Crippen LogP contribution in [-0.2, 0) is 0 Å². The van der Waals surface area contributed by atoms with Gasteiger partial charge < -0.3 is 4.74 Å². The number of hydrazine groups is 1. The molecule has 0 saturated carbocycles. The van der Waals surface area contributed by atoms with Crippen LogP contribution in [0, 0.1) is 6.92 Å². The average molecular weight is 302 g/mol. The second kappa shape index (κ2) is 7.50. The Morgan fingerprint density at radius 1 is 1.19 bits per heavy atom. The Hall–Kier alpha value is -1.49. The van der Waals surface area contributed by atoms with E-state index in [2.05, 4.69) is 49.6 Å². The summed E-state index contributed by atoms with van der Waals surface area (Å²) in [6.07, 6.45) is 0. The molecule has 0 aliphatic rings. The number of benzene rings is 2. The summed E-state index contributed by atoms with van der Waals surface area (Å²) >= 11 is 1.84. The lowest BCUT2D eigenvalue weighted by molar-refractivity contribution is 0.414. The molecular formula is C17H22N2OS. The van der Waals surface area contributed by atoms with Gasteiger partial charge in [0.15, 0.2) is 0 Å². The van der Waals surface area contributed by atoms with Crippen LogP contribution in [0.5, 0.6) is 5.75 Å². The third kappa shape index (κ3) is 3.79. The maximum Gasteiger partial charge on any atom is 0.119 e. The molecule has 3 nitrogen and oxygen atoms in total. The predicted molar refractivity (Wildman–Crippen MR) is 89.7 cm³/mol. The van der Waals surface area contributed by atoms with E-state index in [0.29, 0.717) is 0 Å². The SMILES string of the molecule is CCSc1ccc(C(NN)c2ccc(OC)cc2C)cc1. The first kappa shape index (κ1) is 15.9. The Balaban J connectivity index is 2.30. The van der Waals surface area contributed by atoms with Crippen LogP contribution in [0.2, 0.25) is 0 Å². The van der Waals surface area contributed by atoms with Crippen LogP contribution in [0.25, 0.3) is 0 Å². The van der Waals surface area contributed by atoms with Gasteiger partial charge in [0.2, 0.25) is 0 Å². The van der Waals surface area contributed by atoms with Crippen molar-refractivity contribution in [2.45, 2.75) is 24.8 Å². The summed E-state index contributed by atoms with van der Waals surface area (Å²) in [7, 11) is 1.68. The molecule has 1 unspecified atom stereocenters. The minimum absolute atomic E-state index is 0.0171. The van der Waals surface area contributed by atoms with Crippen LogP contribution >= 0.6 is 11.8 Å². The number of methoxy groups -OCH3 is 1. The van der Waals surface area contributed by atoms with Gasteiger partial charge in [0.25, 0.3) is 0 Å². The van der Waals surface area contributed by atoms with Crippen molar-refractivity contribution in [3.63, 3.8) is 0 Å². The van der Waals surface area contributed by atoms with Crippen LogP contribution < -0.4 is 16.0 Å². The van der Waals surface area contributed by atoms with E-state index in [-0.39, 0.29) is 6.04 Å². The molecule has 1 atom stereocenters. The lowest BCUT2D eigenvalue weighted by Gasteiger charge is -2.20. The number of thioether (sulfide) groups is 1. The van der Waals surface area contributed by atoms with E-state index in [1.165, 1.54) is 4.90 Å². The first-order valence-corrected chi connectivity index (χ1v) is 8.01. The highest BCUT2D eigenvalue weighted by molar-refractivity contribution is 7.99. The number of nitrogens with one attached hydrogen (secondary N) is 1. The minimum Gasteiger partial charge on any atom is -0.497 e. The largest absolute Gasteiger partial charge is 0.497 e. The molecule has 4 heteroatoms. The molecule has 21 heavy (non-hydrogen) atoms. The smallest absolute Gasteiger partial charge is 0.119 e. The predicted octanol–water partition coefficient (Wildman–Crippen LogP) is 3.67. The molecule has 2 aromatic rings. The highest BCUT2D eigenvalue weighted by Gasteiger charge is 2.15. The quantitative estimate of drug-likeness (QED) is 0.485. The number of rotatable bonds is 6. The van der Waals surface area contributed by atoms with Gasteiger partial charge in [0.1, 0.15) is 5.75 Å².